The summed E-state index contributed by atoms with van der Waals surface area (Å²) >= 11 is 6.02. The fraction of sp³-hybridized carbons (Fsp3) is 0.318. The Labute approximate surface area is 176 Å². The highest BCUT2D eigenvalue weighted by molar-refractivity contribution is 6.30. The second kappa shape index (κ2) is 7.53. The second-order valence-electron chi connectivity index (χ2n) is 7.46. The Bertz CT molecular complexity index is 1040. The zero-order valence-electron chi connectivity index (χ0n) is 15.7. The molecule has 30 heavy (non-hydrogen) atoms. The van der Waals surface area contributed by atoms with Crippen LogP contribution in [0.5, 0.6) is 0 Å². The van der Waals surface area contributed by atoms with E-state index in [1.165, 1.54) is 18.2 Å². The first-order valence-electron chi connectivity index (χ1n) is 9.37. The average molecular weight is 435 g/mol. The van der Waals surface area contributed by atoms with Crippen LogP contribution < -0.4 is 11.1 Å². The third kappa shape index (κ3) is 3.73. The predicted octanol–water partition coefficient (Wildman–Crippen LogP) is 4.67. The number of nitrogen functional groups attached to an aromatic ring is 1. The highest BCUT2D eigenvalue weighted by Gasteiger charge is 2.65. The van der Waals surface area contributed by atoms with E-state index in [0.717, 1.165) is 12.8 Å². The fourth-order valence-electron chi connectivity index (χ4n) is 3.43. The summed E-state index contributed by atoms with van der Waals surface area (Å²) in [4.78, 5) is 12.8. The van der Waals surface area contributed by atoms with Crippen LogP contribution >= 0.6 is 11.6 Å². The van der Waals surface area contributed by atoms with Crippen molar-refractivity contribution in [3.63, 3.8) is 0 Å². The van der Waals surface area contributed by atoms with Gasteiger partial charge in [0.15, 0.2) is 11.5 Å². The van der Waals surface area contributed by atoms with Gasteiger partial charge in [-0.05, 0) is 48.7 Å². The number of hydrogen-bond donors (Lipinski definition) is 2. The maximum Gasteiger partial charge on any atom is 0.412 e. The van der Waals surface area contributed by atoms with Crippen LogP contribution in [-0.4, -0.2) is 18.2 Å². The summed E-state index contributed by atoms with van der Waals surface area (Å²) in [6.07, 6.45) is -5.29. The lowest BCUT2D eigenvalue weighted by Crippen LogP contribution is -2.59. The lowest BCUT2D eigenvalue weighted by atomic mass is 9.71. The summed E-state index contributed by atoms with van der Waals surface area (Å²) < 4.78 is 49.6. The SMILES string of the molecule is Nc1ccc(CO[C@H]2C(=O)Nc3ccc(Cl)cc3[C@@]2(C#CC2CC2)C(F)(F)F)cc1. The van der Waals surface area contributed by atoms with Crippen LogP contribution in [0.25, 0.3) is 0 Å². The molecule has 0 bridgehead atoms. The molecule has 0 unspecified atom stereocenters. The summed E-state index contributed by atoms with van der Waals surface area (Å²) in [6, 6.07) is 10.5. The lowest BCUT2D eigenvalue weighted by Gasteiger charge is -2.41. The molecular weight excluding hydrogens is 417 g/mol. The number of carbonyl (C=O) groups is 1. The van der Waals surface area contributed by atoms with Gasteiger partial charge in [0.1, 0.15) is 0 Å². The zero-order chi connectivity index (χ0) is 21.5. The number of benzene rings is 2. The van der Waals surface area contributed by atoms with Crippen molar-refractivity contribution in [2.45, 2.75) is 37.1 Å². The third-order valence-corrected chi connectivity index (χ3v) is 5.43. The van der Waals surface area contributed by atoms with Gasteiger partial charge >= 0.3 is 6.18 Å². The third-order valence-electron chi connectivity index (χ3n) is 5.19. The number of alkyl halides is 3. The minimum absolute atomic E-state index is 0.0270. The Balaban J connectivity index is 1.82. The van der Waals surface area contributed by atoms with E-state index in [9.17, 15) is 18.0 Å². The number of amides is 1. The Morgan fingerprint density at radius 2 is 1.90 bits per heavy atom. The first kappa shape index (κ1) is 20.6. The Morgan fingerprint density at radius 3 is 2.53 bits per heavy atom. The molecular formula is C22H18ClF3N2O2. The Kier molecular flexibility index (Phi) is 5.16. The molecule has 8 heteroatoms. The zero-order valence-corrected chi connectivity index (χ0v) is 16.5. The standard InChI is InChI=1S/C22H18ClF3N2O2/c23-15-5-8-18-17(11-15)21(22(24,25)26,10-9-13-1-2-13)19(20(29)28-18)30-12-14-3-6-16(27)7-4-14/h3-8,11,13,19H,1-2,12,27H2,(H,28,29)/t19-,21+/m0/s1. The van der Waals surface area contributed by atoms with Crippen molar-refractivity contribution in [3.05, 3.63) is 58.6 Å². The molecule has 3 N–H and O–H groups in total. The molecule has 1 aliphatic heterocycles. The smallest absolute Gasteiger partial charge is 0.399 e. The van der Waals surface area contributed by atoms with Crippen molar-refractivity contribution >= 4 is 28.9 Å². The van der Waals surface area contributed by atoms with Gasteiger partial charge < -0.3 is 15.8 Å². The van der Waals surface area contributed by atoms with Crippen LogP contribution in [0.1, 0.15) is 24.0 Å². The molecule has 1 fully saturated rings. The van der Waals surface area contributed by atoms with E-state index in [-0.39, 0.29) is 28.8 Å². The number of anilines is 2. The van der Waals surface area contributed by atoms with Gasteiger partial charge in [0, 0.05) is 27.9 Å². The van der Waals surface area contributed by atoms with Crippen molar-refractivity contribution in [1.82, 2.24) is 0 Å². The largest absolute Gasteiger partial charge is 0.412 e. The molecule has 0 aromatic heterocycles. The van der Waals surface area contributed by atoms with Gasteiger partial charge in [-0.25, -0.2) is 0 Å². The van der Waals surface area contributed by atoms with E-state index < -0.39 is 23.6 Å². The average Bonchev–Trinajstić information content (AvgIpc) is 3.50. The molecule has 2 aromatic rings. The van der Waals surface area contributed by atoms with E-state index in [2.05, 4.69) is 17.2 Å². The summed E-state index contributed by atoms with van der Waals surface area (Å²) in [7, 11) is 0. The maximum absolute atomic E-state index is 14.7. The number of halogens is 4. The number of nitrogens with one attached hydrogen (secondary N) is 1. The number of rotatable bonds is 3. The van der Waals surface area contributed by atoms with Crippen LogP contribution in [0.2, 0.25) is 5.02 Å². The van der Waals surface area contributed by atoms with Crippen LogP contribution in [0.15, 0.2) is 42.5 Å². The molecule has 1 amide bonds. The van der Waals surface area contributed by atoms with Crippen molar-refractivity contribution in [1.29, 1.82) is 0 Å². The van der Waals surface area contributed by atoms with Crippen molar-refractivity contribution in [3.8, 4) is 11.8 Å². The van der Waals surface area contributed by atoms with Crippen LogP contribution in [0.4, 0.5) is 24.5 Å². The molecule has 2 atom stereocenters. The molecule has 1 aliphatic carbocycles. The van der Waals surface area contributed by atoms with Crippen LogP contribution in [0.3, 0.4) is 0 Å². The van der Waals surface area contributed by atoms with Gasteiger partial charge in [0.25, 0.3) is 5.91 Å². The van der Waals surface area contributed by atoms with E-state index in [0.29, 0.717) is 11.3 Å². The molecule has 0 saturated heterocycles. The summed E-state index contributed by atoms with van der Waals surface area (Å²) in [6.45, 7) is -0.211. The number of carbonyl (C=O) groups excluding carboxylic acids is 1. The van der Waals surface area contributed by atoms with Crippen molar-refractivity contribution in [2.75, 3.05) is 11.1 Å². The van der Waals surface area contributed by atoms with E-state index in [1.54, 1.807) is 24.3 Å². The highest BCUT2D eigenvalue weighted by Crippen LogP contribution is 2.50. The molecule has 0 radical (unpaired) electrons. The molecule has 2 aromatic carbocycles. The number of nitrogens with two attached hydrogens (primary N) is 1. The number of hydrogen-bond acceptors (Lipinski definition) is 3. The summed E-state index contributed by atoms with van der Waals surface area (Å²) in [5.41, 5.74) is 3.73. The van der Waals surface area contributed by atoms with Crippen LogP contribution in [0, 0.1) is 17.8 Å². The highest BCUT2D eigenvalue weighted by atomic mass is 35.5. The minimum Gasteiger partial charge on any atom is -0.399 e. The topological polar surface area (TPSA) is 64.3 Å². The molecule has 0 spiro atoms. The molecule has 4 rings (SSSR count). The normalized spacial score (nSPS) is 23.2. The summed E-state index contributed by atoms with van der Waals surface area (Å²) in [5, 5.41) is 2.62. The lowest BCUT2D eigenvalue weighted by molar-refractivity contribution is -0.208. The number of fused-ring (bicyclic) bond motifs is 1. The fourth-order valence-corrected chi connectivity index (χ4v) is 3.60. The predicted molar refractivity (Wildman–Crippen MR) is 108 cm³/mol. The van der Waals surface area contributed by atoms with Crippen molar-refractivity contribution < 1.29 is 22.7 Å². The summed E-state index contributed by atoms with van der Waals surface area (Å²) in [5.74, 6) is 4.10. The quantitative estimate of drug-likeness (QED) is 0.545. The van der Waals surface area contributed by atoms with E-state index >= 15 is 0 Å². The number of ether oxygens (including phenoxy) is 1. The molecule has 1 saturated carbocycles. The Hall–Kier alpha value is -2.69. The van der Waals surface area contributed by atoms with Gasteiger partial charge in [0.05, 0.1) is 6.61 Å². The van der Waals surface area contributed by atoms with Gasteiger partial charge in [0.2, 0.25) is 0 Å². The molecule has 2 aliphatic rings. The maximum atomic E-state index is 14.7. The van der Waals surface area contributed by atoms with Crippen molar-refractivity contribution in [2.24, 2.45) is 5.92 Å². The van der Waals surface area contributed by atoms with Gasteiger partial charge in [-0.3, -0.25) is 4.79 Å². The second-order valence-corrected chi connectivity index (χ2v) is 7.90. The molecule has 4 nitrogen and oxygen atoms in total. The molecule has 1 heterocycles. The first-order valence-corrected chi connectivity index (χ1v) is 9.75. The monoisotopic (exact) mass is 434 g/mol. The molecule has 156 valence electrons. The minimum atomic E-state index is -4.88. The van der Waals surface area contributed by atoms with Gasteiger partial charge in [-0.15, -0.1) is 0 Å². The first-order chi connectivity index (χ1) is 14.2. The van der Waals surface area contributed by atoms with Gasteiger partial charge in [-0.1, -0.05) is 35.6 Å². The van der Waals surface area contributed by atoms with Crippen LogP contribution in [-0.2, 0) is 21.6 Å². The van der Waals surface area contributed by atoms with E-state index in [4.69, 9.17) is 22.1 Å². The van der Waals surface area contributed by atoms with E-state index in [1.807, 2.05) is 0 Å². The Morgan fingerprint density at radius 1 is 1.20 bits per heavy atom. The van der Waals surface area contributed by atoms with Gasteiger partial charge in [-0.2, -0.15) is 13.2 Å².